The van der Waals surface area contributed by atoms with Gasteiger partial charge >= 0.3 is 20.9 Å². The summed E-state index contributed by atoms with van der Waals surface area (Å²) in [5, 5.41) is 0. The number of hydrogen-bond acceptors (Lipinski definition) is 3. The van der Waals surface area contributed by atoms with Gasteiger partial charge < -0.3 is 14.2 Å². The van der Waals surface area contributed by atoms with Gasteiger partial charge in [0.05, 0.1) is 0 Å². The molecule has 0 spiro atoms. The van der Waals surface area contributed by atoms with E-state index in [4.69, 9.17) is 11.5 Å². The Hall–Kier alpha value is -6.29. The summed E-state index contributed by atoms with van der Waals surface area (Å²) >= 11 is 6.50. The first-order chi connectivity index (χ1) is 34.7. The summed E-state index contributed by atoms with van der Waals surface area (Å²) in [6.07, 6.45) is 1.03. The monoisotopic (exact) mass is 968 g/mol. The van der Waals surface area contributed by atoms with Crippen molar-refractivity contribution in [1.29, 1.82) is 0 Å². The Bertz CT molecular complexity index is 3230. The van der Waals surface area contributed by atoms with E-state index in [-0.39, 0.29) is 48.7 Å². The van der Waals surface area contributed by atoms with E-state index in [2.05, 4.69) is 267 Å². The molecule has 0 amide bonds. The van der Waals surface area contributed by atoms with E-state index in [0.29, 0.717) is 0 Å². The number of nitrogens with zero attached hydrogens (tertiary/aromatic N) is 3. The Kier molecular flexibility index (Phi) is 11.0. The Labute approximate surface area is 442 Å². The van der Waals surface area contributed by atoms with Crippen LogP contribution in [0.25, 0.3) is 44.5 Å². The Morgan fingerprint density at radius 2 is 0.589 bits per heavy atom. The second kappa shape index (κ2) is 16.9. The number of benzene rings is 8. The van der Waals surface area contributed by atoms with Gasteiger partial charge in [0.1, 0.15) is 0 Å². The van der Waals surface area contributed by atoms with Crippen LogP contribution in [0, 0.1) is 0 Å². The Morgan fingerprint density at radius 3 is 0.918 bits per heavy atom. The van der Waals surface area contributed by atoms with Gasteiger partial charge in [-0.3, -0.25) is 0 Å². The second-order valence-corrected chi connectivity index (χ2v) is 26.0. The molecule has 5 aliphatic heterocycles. The van der Waals surface area contributed by atoms with Gasteiger partial charge in [-0.15, -0.1) is 0 Å². The van der Waals surface area contributed by atoms with Crippen LogP contribution in [0.1, 0.15) is 111 Å². The van der Waals surface area contributed by atoms with Gasteiger partial charge in [0.15, 0.2) is 0 Å². The van der Waals surface area contributed by atoms with Gasteiger partial charge in [0.2, 0.25) is 0 Å². The third-order valence-corrected chi connectivity index (χ3v) is 16.9. The van der Waals surface area contributed by atoms with Crippen molar-refractivity contribution < 1.29 is 0 Å². The van der Waals surface area contributed by atoms with Gasteiger partial charge in [0.25, 0.3) is 6.13 Å². The minimum absolute atomic E-state index is 0.0290. The van der Waals surface area contributed by atoms with Crippen molar-refractivity contribution in [3.8, 4) is 44.5 Å². The van der Waals surface area contributed by atoms with E-state index >= 15 is 0 Å². The van der Waals surface area contributed by atoms with Gasteiger partial charge in [-0.05, 0) is 136 Å². The smallest absolute Gasteiger partial charge is 0.389 e. The van der Waals surface area contributed by atoms with Crippen molar-refractivity contribution in [2.75, 3.05) is 14.2 Å². The first kappa shape index (κ1) is 47.7. The minimum atomic E-state index is -0.0449. The molecule has 0 aromatic heterocycles. The average Bonchev–Trinajstić information content (AvgIpc) is 3.37. The molecule has 0 aliphatic carbocycles. The molecule has 8 heteroatoms. The van der Waals surface area contributed by atoms with E-state index in [1.807, 2.05) is 0 Å². The summed E-state index contributed by atoms with van der Waals surface area (Å²) in [5.74, 6) is 0. The summed E-state index contributed by atoms with van der Waals surface area (Å²) < 4.78 is 8.32. The molecule has 13 rings (SSSR count). The average molecular weight is 968 g/mol. The van der Waals surface area contributed by atoms with Crippen LogP contribution >= 0.6 is 11.5 Å². The van der Waals surface area contributed by atoms with Crippen LogP contribution in [0.2, 0.25) is 0 Å². The second-order valence-electron chi connectivity index (χ2n) is 25.4. The summed E-state index contributed by atoms with van der Waals surface area (Å²) in [4.78, 5) is 0. The zero-order chi connectivity index (χ0) is 51.1. The lowest BCUT2D eigenvalue weighted by Gasteiger charge is -2.61. The van der Waals surface area contributed by atoms with Crippen molar-refractivity contribution in [3.63, 3.8) is 0 Å². The van der Waals surface area contributed by atoms with Crippen LogP contribution in [-0.2, 0) is 28.0 Å². The van der Waals surface area contributed by atoms with Crippen molar-refractivity contribution in [2.24, 2.45) is 0 Å². The fourth-order valence-corrected chi connectivity index (χ4v) is 12.9. The molecule has 3 nitrogen and oxygen atoms in total. The number of halogens is 1. The van der Waals surface area contributed by atoms with Crippen molar-refractivity contribution in [1.82, 2.24) is 0 Å². The summed E-state index contributed by atoms with van der Waals surface area (Å²) in [7, 11) is 0. The highest BCUT2D eigenvalue weighted by atomic mass is 35.5. The molecule has 5 heterocycles. The fourth-order valence-electron chi connectivity index (χ4n) is 12.5. The molecule has 0 saturated carbocycles. The van der Waals surface area contributed by atoms with E-state index < -0.39 is 0 Å². The number of rotatable bonds is 0. The van der Waals surface area contributed by atoms with Gasteiger partial charge in [-0.2, -0.15) is 11.5 Å². The molecule has 8 aromatic carbocycles. The standard InChI is InChI=1S/C48H48B3N3.C17H18BCl/c1-46(2,3)31-22-25-43-37(28-31)34-16-10-13-19-40(34)49-52(43)50-41-20-14-11-17-35(41)38-29-33(48(7,8)9)24-27-45(38)54(50)51-42-21-15-12-18-36(42)39-30-32(47(4,5)6)23-26-44(39)53(49)51;1-17(2,3)13-9-8-12-11-18(19)16-7-5-4-6-14(16)15(12)10-13/h10-30H,1-9H3;4-10H,11H2,1-3H3. The van der Waals surface area contributed by atoms with Crippen LogP contribution in [0.4, 0.5) is 17.1 Å². The molecule has 0 radical (unpaired) electrons. The number of anilines is 3. The molecule has 360 valence electrons. The van der Waals surface area contributed by atoms with E-state index in [0.717, 1.165) is 6.32 Å². The molecular weight excluding hydrogens is 901 g/mol. The quantitative estimate of drug-likeness (QED) is 0.140. The van der Waals surface area contributed by atoms with Crippen LogP contribution in [0.5, 0.6) is 0 Å². The van der Waals surface area contributed by atoms with Gasteiger partial charge in [-0.1, -0.05) is 222 Å². The molecular formula is C65H66B4ClN3. The number of fused-ring (bicyclic) bond motifs is 24. The molecule has 0 N–H and O–H groups in total. The SMILES string of the molecule is CC(C)(C)c1ccc2c(c1)-c1ccccc1B(Cl)C2.CC(C)(C)c1ccc2c(c1)-c1ccccc1B1N2B2c3ccccc3-c3cc(C(C)(C)C)ccc3N2B2c3ccccc3-c3cc(C(C)(C)C)ccc3N12. The molecule has 1 fully saturated rings. The molecule has 0 unspecified atom stereocenters. The van der Waals surface area contributed by atoms with Crippen LogP contribution in [0.15, 0.2) is 170 Å². The van der Waals surface area contributed by atoms with Gasteiger partial charge in [0, 0.05) is 33.8 Å². The Balaban J connectivity index is 0.000000239. The summed E-state index contributed by atoms with van der Waals surface area (Å²) in [6.45, 7) is 27.6. The predicted molar refractivity (Wildman–Crippen MR) is 321 cm³/mol. The zero-order valence-corrected chi connectivity index (χ0v) is 45.7. The van der Waals surface area contributed by atoms with Crippen LogP contribution < -0.4 is 36.0 Å². The molecule has 0 bridgehead atoms. The van der Waals surface area contributed by atoms with Gasteiger partial charge in [-0.25, -0.2) is 0 Å². The minimum Gasteiger partial charge on any atom is -0.416 e. The van der Waals surface area contributed by atoms with Crippen molar-refractivity contribution >= 4 is 77.4 Å². The maximum atomic E-state index is 6.50. The van der Waals surface area contributed by atoms with E-state index in [1.54, 1.807) is 0 Å². The lowest BCUT2D eigenvalue weighted by Crippen LogP contribution is -2.88. The molecule has 1 saturated heterocycles. The largest absolute Gasteiger partial charge is 0.416 e. The molecule has 73 heavy (non-hydrogen) atoms. The van der Waals surface area contributed by atoms with Crippen LogP contribution in [0.3, 0.4) is 0 Å². The first-order valence-corrected chi connectivity index (χ1v) is 27.1. The molecule has 0 atom stereocenters. The lowest BCUT2D eigenvalue weighted by molar-refractivity contribution is 0.590. The predicted octanol–water partition coefficient (Wildman–Crippen LogP) is 13.7. The molecule has 5 aliphatic rings. The third kappa shape index (κ3) is 7.73. The summed E-state index contributed by atoms with van der Waals surface area (Å²) in [6, 6.07) is 64.9. The topological polar surface area (TPSA) is 9.72 Å². The van der Waals surface area contributed by atoms with E-state index in [1.165, 1.54) is 111 Å². The van der Waals surface area contributed by atoms with E-state index in [9.17, 15) is 0 Å². The zero-order valence-electron chi connectivity index (χ0n) is 44.9. The highest BCUT2D eigenvalue weighted by Gasteiger charge is 2.61. The maximum Gasteiger partial charge on any atom is 0.389 e. The normalized spacial score (nSPS) is 14.9. The highest BCUT2D eigenvalue weighted by Crippen LogP contribution is 2.50. The Morgan fingerprint density at radius 1 is 0.315 bits per heavy atom. The molecule has 8 aromatic rings. The van der Waals surface area contributed by atoms with Crippen molar-refractivity contribution in [2.45, 2.75) is 111 Å². The first-order valence-electron chi connectivity index (χ1n) is 26.6. The van der Waals surface area contributed by atoms with Crippen LogP contribution in [-0.4, -0.2) is 27.1 Å². The highest BCUT2D eigenvalue weighted by molar-refractivity contribution is 7.16. The third-order valence-electron chi connectivity index (χ3n) is 16.6. The maximum absolute atomic E-state index is 6.50. The fraction of sp³-hybridized carbons (Fsp3) is 0.262. The lowest BCUT2D eigenvalue weighted by atomic mass is 9.33. The number of hydrogen-bond donors (Lipinski definition) is 0. The van der Waals surface area contributed by atoms with Crippen molar-refractivity contribution in [3.05, 3.63) is 198 Å². The summed E-state index contributed by atoms with van der Waals surface area (Å²) in [5.41, 5.74) is 26.9.